The number of ketones is 2. The first-order valence-corrected chi connectivity index (χ1v) is 8.35. The molecule has 0 amide bonds. The molecule has 0 fully saturated rings. The summed E-state index contributed by atoms with van der Waals surface area (Å²) in [6, 6.07) is 15.5. The Balaban J connectivity index is 2.25. The summed E-state index contributed by atoms with van der Waals surface area (Å²) in [7, 11) is 0. The topological polar surface area (TPSA) is 60.4 Å². The number of ether oxygens (including phenoxy) is 1. The van der Waals surface area contributed by atoms with E-state index >= 15 is 0 Å². The van der Waals surface area contributed by atoms with E-state index in [-0.39, 0.29) is 13.0 Å². The van der Waals surface area contributed by atoms with Gasteiger partial charge in [-0.3, -0.25) is 14.4 Å². The molecule has 0 aliphatic heterocycles. The van der Waals surface area contributed by atoms with Crippen LogP contribution in [0.4, 0.5) is 0 Å². The van der Waals surface area contributed by atoms with Crippen LogP contribution in [0.25, 0.3) is 0 Å². The molecule has 5 heteroatoms. The van der Waals surface area contributed by atoms with Crippen LogP contribution in [0.3, 0.4) is 0 Å². The molecule has 124 valence electrons. The predicted molar refractivity (Wildman–Crippen MR) is 93.7 cm³/mol. The Morgan fingerprint density at radius 1 is 1.00 bits per heavy atom. The Kier molecular flexibility index (Phi) is 6.44. The maximum absolute atomic E-state index is 12.6. The van der Waals surface area contributed by atoms with E-state index in [9.17, 15) is 14.4 Å². The van der Waals surface area contributed by atoms with Gasteiger partial charge in [0.15, 0.2) is 17.5 Å². The van der Waals surface area contributed by atoms with Gasteiger partial charge in [-0.1, -0.05) is 58.4 Å². The first kappa shape index (κ1) is 18.1. The molecular formula is C19H17BrO4. The molecule has 0 aliphatic carbocycles. The molecule has 1 unspecified atom stereocenters. The van der Waals surface area contributed by atoms with E-state index in [0.29, 0.717) is 5.56 Å². The number of Topliss-reactive ketones (excluding diaryl/α,β-unsaturated/α-hetero) is 2. The van der Waals surface area contributed by atoms with E-state index in [1.165, 1.54) is 0 Å². The number of hydrogen-bond acceptors (Lipinski definition) is 4. The first-order valence-electron chi connectivity index (χ1n) is 7.56. The minimum atomic E-state index is -1.43. The number of esters is 1. The quantitative estimate of drug-likeness (QED) is 0.412. The van der Waals surface area contributed by atoms with E-state index in [2.05, 4.69) is 15.9 Å². The zero-order chi connectivity index (χ0) is 17.5. The van der Waals surface area contributed by atoms with Crippen molar-refractivity contribution in [3.63, 3.8) is 0 Å². The van der Waals surface area contributed by atoms with Gasteiger partial charge in [-0.15, -0.1) is 0 Å². The number of halogens is 1. The average molecular weight is 389 g/mol. The largest absolute Gasteiger partial charge is 0.465 e. The molecule has 4 nitrogen and oxygen atoms in total. The minimum absolute atomic E-state index is 0.00463. The molecule has 0 aromatic heterocycles. The average Bonchev–Trinajstić information content (AvgIpc) is 2.58. The van der Waals surface area contributed by atoms with E-state index in [4.69, 9.17) is 4.74 Å². The fourth-order valence-corrected chi connectivity index (χ4v) is 2.55. The van der Waals surface area contributed by atoms with Gasteiger partial charge in [0.25, 0.3) is 0 Å². The van der Waals surface area contributed by atoms with Crippen molar-refractivity contribution in [2.45, 2.75) is 13.3 Å². The lowest BCUT2D eigenvalue weighted by atomic mass is 9.90. The van der Waals surface area contributed by atoms with Gasteiger partial charge in [0, 0.05) is 16.5 Å². The van der Waals surface area contributed by atoms with Crippen LogP contribution in [-0.4, -0.2) is 24.1 Å². The maximum atomic E-state index is 12.6. The third kappa shape index (κ3) is 4.61. The summed E-state index contributed by atoms with van der Waals surface area (Å²) >= 11 is 3.33. The summed E-state index contributed by atoms with van der Waals surface area (Å²) in [5.41, 5.74) is 1.05. The summed E-state index contributed by atoms with van der Waals surface area (Å²) in [4.78, 5) is 37.4. The van der Waals surface area contributed by atoms with Crippen molar-refractivity contribution in [1.82, 2.24) is 0 Å². The van der Waals surface area contributed by atoms with Crippen molar-refractivity contribution in [3.8, 4) is 0 Å². The molecule has 0 N–H and O–H groups in total. The fourth-order valence-electron chi connectivity index (χ4n) is 2.28. The van der Waals surface area contributed by atoms with Crippen LogP contribution in [0, 0.1) is 5.92 Å². The standard InChI is InChI=1S/C19H17BrO4/c1-2-24-19(23)17(18(22)14-6-4-3-5-7-14)16(21)12-13-8-10-15(20)11-9-13/h3-11,17H,2,12H2,1H3. The lowest BCUT2D eigenvalue weighted by molar-refractivity contribution is -0.149. The number of hydrogen-bond donors (Lipinski definition) is 0. The van der Waals surface area contributed by atoms with Gasteiger partial charge < -0.3 is 4.74 Å². The highest BCUT2D eigenvalue weighted by atomic mass is 79.9. The van der Waals surface area contributed by atoms with Crippen LogP contribution in [0.1, 0.15) is 22.8 Å². The van der Waals surface area contributed by atoms with Gasteiger partial charge in [0.2, 0.25) is 0 Å². The van der Waals surface area contributed by atoms with E-state index < -0.39 is 23.5 Å². The van der Waals surface area contributed by atoms with E-state index in [0.717, 1.165) is 10.0 Å². The van der Waals surface area contributed by atoms with Crippen LogP contribution >= 0.6 is 15.9 Å². The van der Waals surface area contributed by atoms with Gasteiger partial charge in [-0.2, -0.15) is 0 Å². The Bertz CT molecular complexity index is 723. The first-order chi connectivity index (χ1) is 11.5. The SMILES string of the molecule is CCOC(=O)C(C(=O)Cc1ccc(Br)cc1)C(=O)c1ccccc1. The highest BCUT2D eigenvalue weighted by Gasteiger charge is 2.35. The molecule has 0 aliphatic rings. The summed E-state index contributed by atoms with van der Waals surface area (Å²) in [6.45, 7) is 1.75. The van der Waals surface area contributed by atoms with Crippen molar-refractivity contribution in [2.24, 2.45) is 5.92 Å². The van der Waals surface area contributed by atoms with Crippen molar-refractivity contribution < 1.29 is 19.1 Å². The minimum Gasteiger partial charge on any atom is -0.465 e. The van der Waals surface area contributed by atoms with Crippen molar-refractivity contribution in [3.05, 3.63) is 70.2 Å². The van der Waals surface area contributed by atoms with Crippen molar-refractivity contribution in [1.29, 1.82) is 0 Å². The molecule has 2 aromatic rings. The maximum Gasteiger partial charge on any atom is 0.324 e. The normalized spacial score (nSPS) is 11.6. The third-order valence-corrected chi connectivity index (χ3v) is 3.99. The lowest BCUT2D eigenvalue weighted by Crippen LogP contribution is -2.34. The Hall–Kier alpha value is -2.27. The number of rotatable bonds is 7. The molecule has 0 radical (unpaired) electrons. The lowest BCUT2D eigenvalue weighted by Gasteiger charge is -2.14. The molecule has 0 heterocycles. The smallest absolute Gasteiger partial charge is 0.324 e. The van der Waals surface area contributed by atoms with Crippen LogP contribution in [0.2, 0.25) is 0 Å². The molecule has 0 spiro atoms. The molecule has 2 aromatic carbocycles. The fraction of sp³-hybridized carbons (Fsp3) is 0.211. The zero-order valence-electron chi connectivity index (χ0n) is 13.2. The summed E-state index contributed by atoms with van der Waals surface area (Å²) < 4.78 is 5.83. The Labute approximate surface area is 149 Å². The van der Waals surface area contributed by atoms with Crippen LogP contribution in [-0.2, 0) is 20.7 Å². The van der Waals surface area contributed by atoms with E-state index in [1.807, 2.05) is 0 Å². The molecule has 24 heavy (non-hydrogen) atoms. The van der Waals surface area contributed by atoms with Crippen LogP contribution in [0.15, 0.2) is 59.1 Å². The van der Waals surface area contributed by atoms with Gasteiger partial charge in [-0.25, -0.2) is 0 Å². The molecular weight excluding hydrogens is 372 g/mol. The van der Waals surface area contributed by atoms with Crippen LogP contribution < -0.4 is 0 Å². The van der Waals surface area contributed by atoms with E-state index in [1.54, 1.807) is 61.5 Å². The molecule has 2 rings (SSSR count). The van der Waals surface area contributed by atoms with Gasteiger partial charge in [0.1, 0.15) is 0 Å². The number of carbonyl (C=O) groups excluding carboxylic acids is 3. The molecule has 0 bridgehead atoms. The second kappa shape index (κ2) is 8.55. The van der Waals surface area contributed by atoms with Gasteiger partial charge >= 0.3 is 5.97 Å². The number of benzene rings is 2. The molecule has 0 saturated heterocycles. The van der Waals surface area contributed by atoms with Crippen molar-refractivity contribution in [2.75, 3.05) is 6.61 Å². The highest BCUT2D eigenvalue weighted by Crippen LogP contribution is 2.17. The predicted octanol–water partition coefficient (Wildman–Crippen LogP) is 3.62. The third-order valence-electron chi connectivity index (χ3n) is 3.46. The second-order valence-corrected chi connectivity index (χ2v) is 6.10. The monoisotopic (exact) mass is 388 g/mol. The second-order valence-electron chi connectivity index (χ2n) is 5.18. The molecule has 1 atom stereocenters. The summed E-state index contributed by atoms with van der Waals surface area (Å²) in [5.74, 6) is -3.23. The summed E-state index contributed by atoms with van der Waals surface area (Å²) in [5, 5.41) is 0. The van der Waals surface area contributed by atoms with Crippen molar-refractivity contribution >= 4 is 33.5 Å². The zero-order valence-corrected chi connectivity index (χ0v) is 14.8. The highest BCUT2D eigenvalue weighted by molar-refractivity contribution is 9.10. The summed E-state index contributed by atoms with van der Waals surface area (Å²) in [6.07, 6.45) is -0.00463. The molecule has 0 saturated carbocycles. The number of carbonyl (C=O) groups is 3. The van der Waals surface area contributed by atoms with Crippen LogP contribution in [0.5, 0.6) is 0 Å². The van der Waals surface area contributed by atoms with Gasteiger partial charge in [-0.05, 0) is 24.6 Å². The Morgan fingerprint density at radius 3 is 2.21 bits per heavy atom. The Morgan fingerprint density at radius 2 is 1.62 bits per heavy atom. The van der Waals surface area contributed by atoms with Gasteiger partial charge in [0.05, 0.1) is 6.61 Å².